The average Bonchev–Trinajstić information content (AvgIpc) is 3.17. The number of ether oxygens (including phenoxy) is 4. The molecule has 0 aromatic heterocycles. The molecule has 0 bridgehead atoms. The van der Waals surface area contributed by atoms with E-state index >= 15 is 0 Å². The second-order valence-electron chi connectivity index (χ2n) is 15.9. The first-order chi connectivity index (χ1) is 25.3. The van der Waals surface area contributed by atoms with Crippen LogP contribution in [0.1, 0.15) is 177 Å². The molecule has 0 aliphatic heterocycles. The molecule has 0 saturated heterocycles. The highest BCUT2D eigenvalue weighted by molar-refractivity contribution is 5.94. The van der Waals surface area contributed by atoms with Crippen molar-refractivity contribution in [1.29, 1.82) is 0 Å². The zero-order valence-electron chi connectivity index (χ0n) is 32.3. The average molecular weight is 725 g/mol. The van der Waals surface area contributed by atoms with Crippen LogP contribution in [-0.4, -0.2) is 48.6 Å². The molecule has 1 aromatic carbocycles. The summed E-state index contributed by atoms with van der Waals surface area (Å²) < 4.78 is 22.9. The number of carbonyl (C=O) groups excluding carboxylic acids is 3. The van der Waals surface area contributed by atoms with Gasteiger partial charge in [-0.3, -0.25) is 4.79 Å². The van der Waals surface area contributed by atoms with E-state index < -0.39 is 18.2 Å². The monoisotopic (exact) mass is 724 g/mol. The van der Waals surface area contributed by atoms with Crippen LogP contribution in [-0.2, 0) is 23.8 Å². The van der Waals surface area contributed by atoms with Crippen LogP contribution in [0.2, 0.25) is 0 Å². The molecule has 3 aliphatic rings. The fourth-order valence-corrected chi connectivity index (χ4v) is 8.58. The number of aliphatic hydroxyl groups excluding tert-OH is 1. The summed E-state index contributed by atoms with van der Waals surface area (Å²) in [6.45, 7) is 8.26. The van der Waals surface area contributed by atoms with Gasteiger partial charge in [0.15, 0.2) is 6.29 Å². The molecule has 0 amide bonds. The molecule has 8 heteroatoms. The van der Waals surface area contributed by atoms with Gasteiger partial charge in [0.05, 0.1) is 25.2 Å². The smallest absolute Gasteiger partial charge is 0.341 e. The number of hydrogen-bond donors (Lipinski definition) is 1. The third-order valence-electron chi connectivity index (χ3n) is 12.0. The standard InChI is InChI=1S/C44H68O8/c1-4-7-9-13-32-15-19-35(20-16-32)42(46)51-38-26-23-34(24-27-38)37-25-28-40(39(31-37)44(48)50-30-12-11-29-49-41(45)6-3)52-43(47)36-21-17-33(18-22-36)14-10-8-5-2/h6,25,28,31-36,38,42,46H,3-5,7-24,26-27,29-30H2,1-2H3. The van der Waals surface area contributed by atoms with Gasteiger partial charge in [-0.2, -0.15) is 0 Å². The van der Waals surface area contributed by atoms with Crippen molar-refractivity contribution >= 4 is 17.9 Å². The third-order valence-corrected chi connectivity index (χ3v) is 12.0. The van der Waals surface area contributed by atoms with Gasteiger partial charge >= 0.3 is 17.9 Å². The Morgan fingerprint density at radius 1 is 0.769 bits per heavy atom. The van der Waals surface area contributed by atoms with Crippen LogP contribution in [0.15, 0.2) is 30.9 Å². The lowest BCUT2D eigenvalue weighted by molar-refractivity contribution is -0.179. The number of benzene rings is 1. The number of carbonyl (C=O) groups is 3. The molecule has 0 spiro atoms. The van der Waals surface area contributed by atoms with Crippen molar-refractivity contribution in [1.82, 2.24) is 0 Å². The van der Waals surface area contributed by atoms with Crippen molar-refractivity contribution in [2.45, 2.75) is 173 Å². The van der Waals surface area contributed by atoms with E-state index in [1.165, 1.54) is 64.2 Å². The molecule has 3 aliphatic carbocycles. The van der Waals surface area contributed by atoms with Gasteiger partial charge in [-0.05, 0) is 125 Å². The van der Waals surface area contributed by atoms with Crippen LogP contribution in [0, 0.1) is 23.7 Å². The lowest BCUT2D eigenvalue weighted by Crippen LogP contribution is -2.33. The quantitative estimate of drug-likeness (QED) is 0.0439. The van der Waals surface area contributed by atoms with Gasteiger partial charge in [-0.25, -0.2) is 9.59 Å². The van der Waals surface area contributed by atoms with Crippen LogP contribution in [0.4, 0.5) is 0 Å². The molecule has 3 fully saturated rings. The van der Waals surface area contributed by atoms with Crippen molar-refractivity contribution < 1.29 is 38.4 Å². The van der Waals surface area contributed by atoms with Crippen molar-refractivity contribution in [3.63, 3.8) is 0 Å². The minimum atomic E-state index is -0.696. The van der Waals surface area contributed by atoms with Crippen molar-refractivity contribution in [3.8, 4) is 5.75 Å². The number of unbranched alkanes of at least 4 members (excludes halogenated alkanes) is 5. The summed E-state index contributed by atoms with van der Waals surface area (Å²) >= 11 is 0. The second-order valence-corrected chi connectivity index (χ2v) is 15.9. The summed E-state index contributed by atoms with van der Waals surface area (Å²) in [7, 11) is 0. The molecule has 52 heavy (non-hydrogen) atoms. The van der Waals surface area contributed by atoms with Crippen LogP contribution >= 0.6 is 0 Å². The molecule has 0 radical (unpaired) electrons. The van der Waals surface area contributed by atoms with E-state index in [0.29, 0.717) is 18.8 Å². The molecule has 1 atom stereocenters. The van der Waals surface area contributed by atoms with E-state index in [-0.39, 0.29) is 54.4 Å². The lowest BCUT2D eigenvalue weighted by atomic mass is 9.79. The summed E-state index contributed by atoms with van der Waals surface area (Å²) in [6, 6.07) is 5.60. The highest BCUT2D eigenvalue weighted by atomic mass is 16.6. The largest absolute Gasteiger partial charge is 0.463 e. The predicted molar refractivity (Wildman–Crippen MR) is 204 cm³/mol. The molecule has 1 unspecified atom stereocenters. The first-order valence-electron chi connectivity index (χ1n) is 21.0. The van der Waals surface area contributed by atoms with E-state index in [1.807, 2.05) is 12.1 Å². The van der Waals surface area contributed by atoms with Crippen LogP contribution in [0.5, 0.6) is 5.75 Å². The summed E-state index contributed by atoms with van der Waals surface area (Å²) in [4.78, 5) is 38.1. The van der Waals surface area contributed by atoms with Crippen LogP contribution < -0.4 is 4.74 Å². The molecule has 1 N–H and O–H groups in total. The van der Waals surface area contributed by atoms with Gasteiger partial charge in [-0.15, -0.1) is 0 Å². The predicted octanol–water partition coefficient (Wildman–Crippen LogP) is 10.4. The van der Waals surface area contributed by atoms with E-state index in [4.69, 9.17) is 18.9 Å². The summed E-state index contributed by atoms with van der Waals surface area (Å²) in [5, 5.41) is 11.0. The maximum atomic E-state index is 13.5. The Bertz CT molecular complexity index is 1220. The van der Waals surface area contributed by atoms with Gasteiger partial charge in [0.25, 0.3) is 0 Å². The lowest BCUT2D eigenvalue weighted by Gasteiger charge is -2.35. The van der Waals surface area contributed by atoms with Crippen LogP contribution in [0.25, 0.3) is 0 Å². The fourth-order valence-electron chi connectivity index (χ4n) is 8.58. The molecule has 8 nitrogen and oxygen atoms in total. The third kappa shape index (κ3) is 13.9. The summed E-state index contributed by atoms with van der Waals surface area (Å²) in [5.74, 6) is 0.784. The number of esters is 3. The Morgan fingerprint density at radius 2 is 1.37 bits per heavy atom. The minimum Gasteiger partial charge on any atom is -0.463 e. The fraction of sp³-hybridized carbons (Fsp3) is 0.750. The van der Waals surface area contributed by atoms with Gasteiger partial charge in [0, 0.05) is 12.0 Å². The molecule has 0 heterocycles. The number of rotatable bonds is 21. The van der Waals surface area contributed by atoms with E-state index in [9.17, 15) is 19.5 Å². The molecule has 292 valence electrons. The van der Waals surface area contributed by atoms with Crippen molar-refractivity contribution in [2.24, 2.45) is 23.7 Å². The van der Waals surface area contributed by atoms with Gasteiger partial charge in [0.1, 0.15) is 11.3 Å². The molecule has 3 saturated carbocycles. The zero-order valence-corrected chi connectivity index (χ0v) is 32.3. The zero-order chi connectivity index (χ0) is 37.1. The van der Waals surface area contributed by atoms with Gasteiger partial charge in [-0.1, -0.05) is 77.9 Å². The minimum absolute atomic E-state index is 0.0330. The molecular formula is C44H68O8. The first kappa shape index (κ1) is 42.0. The van der Waals surface area contributed by atoms with Gasteiger partial charge < -0.3 is 24.1 Å². The maximum absolute atomic E-state index is 13.5. The summed E-state index contributed by atoms with van der Waals surface area (Å²) in [6.07, 6.45) is 23.4. The van der Waals surface area contributed by atoms with Crippen molar-refractivity contribution in [2.75, 3.05) is 13.2 Å². The van der Waals surface area contributed by atoms with Gasteiger partial charge in [0.2, 0.25) is 0 Å². The molecular weight excluding hydrogens is 656 g/mol. The Hall–Kier alpha value is -2.71. The summed E-state index contributed by atoms with van der Waals surface area (Å²) in [5.41, 5.74) is 1.30. The first-order valence-corrected chi connectivity index (χ1v) is 21.0. The number of hydrogen-bond acceptors (Lipinski definition) is 8. The van der Waals surface area contributed by atoms with Crippen molar-refractivity contribution in [3.05, 3.63) is 42.0 Å². The van der Waals surface area contributed by atoms with Crippen LogP contribution in [0.3, 0.4) is 0 Å². The maximum Gasteiger partial charge on any atom is 0.341 e. The Morgan fingerprint density at radius 3 is 1.96 bits per heavy atom. The van der Waals surface area contributed by atoms with E-state index in [0.717, 1.165) is 81.8 Å². The topological polar surface area (TPSA) is 108 Å². The highest BCUT2D eigenvalue weighted by Crippen LogP contribution is 2.39. The second kappa shape index (κ2) is 23.2. The Labute approximate surface area is 313 Å². The number of aliphatic hydroxyl groups is 1. The SMILES string of the molecule is C=CC(=O)OCCCCOC(=O)c1cc(C2CCC(OC(O)C3CCC(CCCCC)CC3)CC2)ccc1OC(=O)C1CCC(CCCCC)CC1. The van der Waals surface area contributed by atoms with E-state index in [1.54, 1.807) is 6.07 Å². The normalized spacial score (nSPS) is 25.5. The Kier molecular flexibility index (Phi) is 18.7. The van der Waals surface area contributed by atoms with E-state index in [2.05, 4.69) is 20.4 Å². The molecule has 1 aromatic rings. The Balaban J connectivity index is 1.31. The molecule has 4 rings (SSSR count). The highest BCUT2D eigenvalue weighted by Gasteiger charge is 2.32.